The molecule has 1 fully saturated rings. The first kappa shape index (κ1) is 17.2. The molecular formula is C23H23N3O2. The summed E-state index contributed by atoms with van der Waals surface area (Å²) in [5.41, 5.74) is 4.84. The van der Waals surface area contributed by atoms with E-state index in [1.54, 1.807) is 7.11 Å². The average molecular weight is 373 g/mol. The van der Waals surface area contributed by atoms with E-state index in [0.717, 1.165) is 65.0 Å². The molecule has 1 N–H and O–H groups in total. The molecule has 142 valence electrons. The number of rotatable bonds is 3. The van der Waals surface area contributed by atoms with E-state index in [0.29, 0.717) is 12.6 Å². The smallest absolute Gasteiger partial charge is 0.254 e. The van der Waals surface area contributed by atoms with Crippen LogP contribution in [0.1, 0.15) is 28.8 Å². The largest absolute Gasteiger partial charge is 0.497 e. The van der Waals surface area contributed by atoms with Crippen LogP contribution in [0.4, 0.5) is 0 Å². The third-order valence-electron chi connectivity index (χ3n) is 5.84. The zero-order chi connectivity index (χ0) is 19.1. The fourth-order valence-electron chi connectivity index (χ4n) is 4.29. The zero-order valence-corrected chi connectivity index (χ0v) is 15.9. The number of carbonyl (C=O) groups excluding carboxylic acids is 1. The standard InChI is InChI=1S/C23H23N3O2/c1-28-19-6-9-22-16(12-19)5-8-21(25-22)15-4-7-20-17(11-15)14-26(23(20)27)18-3-2-10-24-13-18/h4-9,11-12,18,24H,2-3,10,13-14H2,1H3. The normalized spacial score (nSPS) is 19.1. The molecule has 2 aliphatic rings. The minimum atomic E-state index is 0.161. The zero-order valence-electron chi connectivity index (χ0n) is 15.9. The van der Waals surface area contributed by atoms with Gasteiger partial charge in [-0.25, -0.2) is 4.98 Å². The van der Waals surface area contributed by atoms with Gasteiger partial charge in [-0.05, 0) is 61.3 Å². The average Bonchev–Trinajstić information content (AvgIpc) is 3.09. The second-order valence-electron chi connectivity index (χ2n) is 7.56. The van der Waals surface area contributed by atoms with Gasteiger partial charge in [-0.2, -0.15) is 0 Å². The van der Waals surface area contributed by atoms with Crippen LogP contribution < -0.4 is 10.1 Å². The quantitative estimate of drug-likeness (QED) is 0.762. The molecular weight excluding hydrogens is 350 g/mol. The highest BCUT2D eigenvalue weighted by molar-refractivity contribution is 5.99. The van der Waals surface area contributed by atoms with Crippen molar-refractivity contribution in [3.8, 4) is 17.0 Å². The van der Waals surface area contributed by atoms with E-state index >= 15 is 0 Å². The first-order valence-corrected chi connectivity index (χ1v) is 9.83. The van der Waals surface area contributed by atoms with Gasteiger partial charge < -0.3 is 15.0 Å². The van der Waals surface area contributed by atoms with Crippen LogP contribution in [-0.4, -0.2) is 42.0 Å². The molecule has 1 amide bonds. The number of piperidine rings is 1. The van der Waals surface area contributed by atoms with Gasteiger partial charge in [0.15, 0.2) is 0 Å². The van der Waals surface area contributed by atoms with E-state index in [9.17, 15) is 4.79 Å². The third-order valence-corrected chi connectivity index (χ3v) is 5.84. The predicted octanol–water partition coefficient (Wildman–Crippen LogP) is 3.62. The summed E-state index contributed by atoms with van der Waals surface area (Å²) in [6.07, 6.45) is 2.21. The molecule has 0 radical (unpaired) electrons. The lowest BCUT2D eigenvalue weighted by Crippen LogP contribution is -2.46. The number of pyridine rings is 1. The van der Waals surface area contributed by atoms with Crippen molar-refractivity contribution in [2.75, 3.05) is 20.2 Å². The maximum absolute atomic E-state index is 12.8. The fraction of sp³-hybridized carbons (Fsp3) is 0.304. The van der Waals surface area contributed by atoms with Gasteiger partial charge in [0.25, 0.3) is 5.91 Å². The van der Waals surface area contributed by atoms with Crippen molar-refractivity contribution in [3.05, 3.63) is 59.7 Å². The van der Waals surface area contributed by atoms with Crippen molar-refractivity contribution >= 4 is 16.8 Å². The summed E-state index contributed by atoms with van der Waals surface area (Å²) in [4.78, 5) is 19.7. The number of nitrogens with zero attached hydrogens (tertiary/aromatic N) is 2. The van der Waals surface area contributed by atoms with Gasteiger partial charge in [0, 0.05) is 35.6 Å². The molecule has 1 saturated heterocycles. The number of fused-ring (bicyclic) bond motifs is 2. The van der Waals surface area contributed by atoms with E-state index in [1.807, 2.05) is 41.3 Å². The maximum atomic E-state index is 12.8. The first-order chi connectivity index (χ1) is 13.7. The molecule has 2 aromatic carbocycles. The van der Waals surface area contributed by atoms with Gasteiger partial charge >= 0.3 is 0 Å². The van der Waals surface area contributed by atoms with E-state index in [-0.39, 0.29) is 5.91 Å². The molecule has 5 nitrogen and oxygen atoms in total. The Morgan fingerprint density at radius 2 is 2.07 bits per heavy atom. The number of aromatic nitrogens is 1. The number of hydrogen-bond donors (Lipinski definition) is 1. The van der Waals surface area contributed by atoms with Crippen LogP contribution in [0.2, 0.25) is 0 Å². The summed E-state index contributed by atoms with van der Waals surface area (Å²) in [5.74, 6) is 0.990. The van der Waals surface area contributed by atoms with Crippen LogP contribution in [0.25, 0.3) is 22.2 Å². The Labute approximate surface area is 164 Å². The monoisotopic (exact) mass is 373 g/mol. The number of nitrogens with one attached hydrogen (secondary N) is 1. The lowest BCUT2D eigenvalue weighted by atomic mass is 10.0. The maximum Gasteiger partial charge on any atom is 0.254 e. The van der Waals surface area contributed by atoms with Gasteiger partial charge in [0.05, 0.1) is 18.3 Å². The van der Waals surface area contributed by atoms with E-state index in [1.165, 1.54) is 0 Å². The highest BCUT2D eigenvalue weighted by atomic mass is 16.5. The third kappa shape index (κ3) is 2.92. The van der Waals surface area contributed by atoms with E-state index < -0.39 is 0 Å². The Morgan fingerprint density at radius 1 is 1.14 bits per heavy atom. The second-order valence-corrected chi connectivity index (χ2v) is 7.56. The number of methoxy groups -OCH3 is 1. The van der Waals surface area contributed by atoms with E-state index in [4.69, 9.17) is 9.72 Å². The second kappa shape index (κ2) is 6.91. The molecule has 1 atom stereocenters. The van der Waals surface area contributed by atoms with E-state index in [2.05, 4.69) is 17.4 Å². The molecule has 0 aliphatic carbocycles. The molecule has 1 aromatic heterocycles. The van der Waals surface area contributed by atoms with Crippen molar-refractivity contribution in [2.24, 2.45) is 0 Å². The lowest BCUT2D eigenvalue weighted by Gasteiger charge is -2.31. The molecule has 0 saturated carbocycles. The van der Waals surface area contributed by atoms with Gasteiger partial charge in [-0.3, -0.25) is 4.79 Å². The number of amides is 1. The molecule has 3 aromatic rings. The fourth-order valence-corrected chi connectivity index (χ4v) is 4.29. The molecule has 5 rings (SSSR count). The molecule has 2 aliphatic heterocycles. The van der Waals surface area contributed by atoms with Crippen molar-refractivity contribution in [3.63, 3.8) is 0 Å². The molecule has 1 unspecified atom stereocenters. The van der Waals surface area contributed by atoms with Crippen molar-refractivity contribution in [2.45, 2.75) is 25.4 Å². The van der Waals surface area contributed by atoms with Gasteiger partial charge in [0.2, 0.25) is 0 Å². The van der Waals surface area contributed by atoms with Crippen LogP contribution >= 0.6 is 0 Å². The highest BCUT2D eigenvalue weighted by Crippen LogP contribution is 2.31. The van der Waals surface area contributed by atoms with Crippen LogP contribution in [0.3, 0.4) is 0 Å². The van der Waals surface area contributed by atoms with Crippen molar-refractivity contribution in [1.29, 1.82) is 0 Å². The Morgan fingerprint density at radius 3 is 2.89 bits per heavy atom. The number of carbonyl (C=O) groups is 1. The predicted molar refractivity (Wildman–Crippen MR) is 109 cm³/mol. The Hall–Kier alpha value is -2.92. The SMILES string of the molecule is COc1ccc2nc(-c3ccc4c(c3)CN(C3CCCNC3)C4=O)ccc2c1. The summed E-state index contributed by atoms with van der Waals surface area (Å²) >= 11 is 0. The molecule has 0 bridgehead atoms. The first-order valence-electron chi connectivity index (χ1n) is 9.83. The van der Waals surface area contributed by atoms with Crippen LogP contribution in [-0.2, 0) is 6.54 Å². The lowest BCUT2D eigenvalue weighted by molar-refractivity contribution is 0.0674. The number of hydrogen-bond acceptors (Lipinski definition) is 4. The molecule has 5 heteroatoms. The minimum absolute atomic E-state index is 0.161. The van der Waals surface area contributed by atoms with Gasteiger partial charge in [-0.1, -0.05) is 12.1 Å². The summed E-state index contributed by atoms with van der Waals surface area (Å²) in [6, 6.07) is 16.4. The number of ether oxygens (including phenoxy) is 1. The minimum Gasteiger partial charge on any atom is -0.497 e. The molecule has 3 heterocycles. The van der Waals surface area contributed by atoms with Gasteiger partial charge in [-0.15, -0.1) is 0 Å². The van der Waals surface area contributed by atoms with Crippen molar-refractivity contribution in [1.82, 2.24) is 15.2 Å². The Kier molecular flexibility index (Phi) is 4.24. The van der Waals surface area contributed by atoms with Crippen LogP contribution in [0, 0.1) is 0 Å². The highest BCUT2D eigenvalue weighted by Gasteiger charge is 2.33. The van der Waals surface area contributed by atoms with Crippen molar-refractivity contribution < 1.29 is 9.53 Å². The topological polar surface area (TPSA) is 54.5 Å². The Bertz CT molecular complexity index is 1060. The summed E-state index contributed by atoms with van der Waals surface area (Å²) < 4.78 is 5.29. The summed E-state index contributed by atoms with van der Waals surface area (Å²) in [5, 5.41) is 4.46. The molecule has 0 spiro atoms. The van der Waals surface area contributed by atoms with Gasteiger partial charge in [0.1, 0.15) is 5.75 Å². The summed E-state index contributed by atoms with van der Waals surface area (Å²) in [7, 11) is 1.67. The molecule has 28 heavy (non-hydrogen) atoms. The number of benzene rings is 2. The van der Waals surface area contributed by atoms with Crippen LogP contribution in [0.5, 0.6) is 5.75 Å². The Balaban J connectivity index is 1.46. The van der Waals surface area contributed by atoms with Crippen LogP contribution in [0.15, 0.2) is 48.5 Å². The summed E-state index contributed by atoms with van der Waals surface area (Å²) in [6.45, 7) is 2.64.